The highest BCUT2D eigenvalue weighted by atomic mass is 35.5. The van der Waals surface area contributed by atoms with Crippen molar-refractivity contribution in [3.8, 4) is 0 Å². The number of hydrogen-bond acceptors (Lipinski definition) is 3. The van der Waals surface area contributed by atoms with Gasteiger partial charge in [0.05, 0.1) is 23.0 Å². The number of nitrogens with zero attached hydrogens (tertiary/aromatic N) is 2. The largest absolute Gasteiger partial charge is 0.326 e. The monoisotopic (exact) mass is 306 g/mol. The van der Waals surface area contributed by atoms with Gasteiger partial charge in [-0.3, -0.25) is 4.68 Å². The average molecular weight is 307 g/mol. The van der Waals surface area contributed by atoms with E-state index in [2.05, 4.69) is 41.6 Å². The van der Waals surface area contributed by atoms with Crippen LogP contribution in [0.15, 0.2) is 24.3 Å². The first-order chi connectivity index (χ1) is 10.0. The van der Waals surface area contributed by atoms with E-state index in [4.69, 9.17) is 17.3 Å². The molecule has 0 unspecified atom stereocenters. The minimum absolute atomic E-state index is 0.313. The number of benzene rings is 1. The van der Waals surface area contributed by atoms with Gasteiger partial charge in [0, 0.05) is 19.1 Å². The molecule has 1 heterocycles. The summed E-state index contributed by atoms with van der Waals surface area (Å²) < 4.78 is 1.97. The van der Waals surface area contributed by atoms with Crippen LogP contribution >= 0.6 is 11.6 Å². The summed E-state index contributed by atoms with van der Waals surface area (Å²) in [4.78, 5) is 0. The zero-order valence-electron chi connectivity index (χ0n) is 12.9. The van der Waals surface area contributed by atoms with Gasteiger partial charge >= 0.3 is 0 Å². The molecule has 0 fully saturated rings. The lowest BCUT2D eigenvalue weighted by Crippen LogP contribution is -2.30. The van der Waals surface area contributed by atoms with Crippen molar-refractivity contribution in [1.29, 1.82) is 0 Å². The van der Waals surface area contributed by atoms with Gasteiger partial charge in [-0.25, -0.2) is 0 Å². The molecule has 0 aliphatic heterocycles. The fourth-order valence-corrected chi connectivity index (χ4v) is 2.40. The van der Waals surface area contributed by atoms with Crippen LogP contribution in [-0.4, -0.2) is 15.8 Å². The lowest BCUT2D eigenvalue weighted by Gasteiger charge is -2.15. The van der Waals surface area contributed by atoms with Crippen LogP contribution in [0, 0.1) is 13.8 Å². The second-order valence-corrected chi connectivity index (χ2v) is 5.85. The SMILES string of the molecule is Cc1nn(C[C@@H](C)NCc2ccc(CN)cc2)c(C)c1Cl. The third-order valence-electron chi connectivity index (χ3n) is 3.65. The van der Waals surface area contributed by atoms with Crippen molar-refractivity contribution in [2.75, 3.05) is 0 Å². The molecule has 0 aliphatic rings. The molecule has 0 aliphatic carbocycles. The van der Waals surface area contributed by atoms with Gasteiger partial charge < -0.3 is 11.1 Å². The highest BCUT2D eigenvalue weighted by molar-refractivity contribution is 6.31. The summed E-state index contributed by atoms with van der Waals surface area (Å²) in [6.07, 6.45) is 0. The van der Waals surface area contributed by atoms with Crippen molar-refractivity contribution in [2.24, 2.45) is 5.73 Å². The molecule has 2 rings (SSSR count). The molecular weight excluding hydrogens is 284 g/mol. The molecule has 0 saturated carbocycles. The van der Waals surface area contributed by atoms with Crippen molar-refractivity contribution >= 4 is 11.6 Å². The topological polar surface area (TPSA) is 55.9 Å². The van der Waals surface area contributed by atoms with Crippen LogP contribution in [-0.2, 0) is 19.6 Å². The van der Waals surface area contributed by atoms with Crippen molar-refractivity contribution in [2.45, 2.75) is 46.4 Å². The van der Waals surface area contributed by atoms with Gasteiger partial charge in [0.2, 0.25) is 0 Å². The zero-order chi connectivity index (χ0) is 15.4. The van der Waals surface area contributed by atoms with Gasteiger partial charge in [-0.05, 0) is 31.9 Å². The van der Waals surface area contributed by atoms with E-state index in [1.54, 1.807) is 0 Å². The van der Waals surface area contributed by atoms with Crippen LogP contribution < -0.4 is 11.1 Å². The van der Waals surface area contributed by atoms with Crippen LogP contribution in [0.4, 0.5) is 0 Å². The van der Waals surface area contributed by atoms with Gasteiger partial charge in [-0.1, -0.05) is 35.9 Å². The minimum Gasteiger partial charge on any atom is -0.326 e. The van der Waals surface area contributed by atoms with Gasteiger partial charge in [-0.2, -0.15) is 5.10 Å². The van der Waals surface area contributed by atoms with E-state index in [-0.39, 0.29) is 0 Å². The lowest BCUT2D eigenvalue weighted by atomic mass is 10.1. The first kappa shape index (κ1) is 16.0. The summed E-state index contributed by atoms with van der Waals surface area (Å²) in [5.41, 5.74) is 9.92. The summed E-state index contributed by atoms with van der Waals surface area (Å²) in [6.45, 7) is 8.31. The Morgan fingerprint density at radius 2 is 1.86 bits per heavy atom. The van der Waals surface area contributed by atoms with E-state index in [1.165, 1.54) is 5.56 Å². The van der Waals surface area contributed by atoms with Crippen LogP contribution in [0.2, 0.25) is 5.02 Å². The smallest absolute Gasteiger partial charge is 0.0844 e. The van der Waals surface area contributed by atoms with Gasteiger partial charge in [-0.15, -0.1) is 0 Å². The minimum atomic E-state index is 0.313. The standard InChI is InChI=1S/C16H23ClN4/c1-11(10-21-13(3)16(17)12(2)20-21)19-9-15-6-4-14(8-18)5-7-15/h4-7,11,19H,8-10,18H2,1-3H3/t11-/m1/s1. The maximum atomic E-state index is 6.17. The van der Waals surface area contributed by atoms with Crippen molar-refractivity contribution in [3.05, 3.63) is 51.8 Å². The van der Waals surface area contributed by atoms with Crippen molar-refractivity contribution < 1.29 is 0 Å². The van der Waals surface area contributed by atoms with Crippen LogP contribution in [0.5, 0.6) is 0 Å². The number of aromatic nitrogens is 2. The molecule has 0 radical (unpaired) electrons. The molecule has 1 atom stereocenters. The number of hydrogen-bond donors (Lipinski definition) is 2. The third kappa shape index (κ3) is 4.06. The van der Waals surface area contributed by atoms with E-state index in [1.807, 2.05) is 18.5 Å². The Morgan fingerprint density at radius 1 is 1.24 bits per heavy atom. The zero-order valence-corrected chi connectivity index (χ0v) is 13.6. The number of rotatable bonds is 6. The maximum Gasteiger partial charge on any atom is 0.0844 e. The predicted octanol–water partition coefficient (Wildman–Crippen LogP) is 2.79. The maximum absolute atomic E-state index is 6.17. The Morgan fingerprint density at radius 3 is 2.38 bits per heavy atom. The van der Waals surface area contributed by atoms with Crippen LogP contribution in [0.3, 0.4) is 0 Å². The highest BCUT2D eigenvalue weighted by Gasteiger charge is 2.11. The molecule has 21 heavy (non-hydrogen) atoms. The molecular formula is C16H23ClN4. The molecule has 1 aromatic heterocycles. The molecule has 5 heteroatoms. The first-order valence-electron chi connectivity index (χ1n) is 7.22. The fraction of sp³-hybridized carbons (Fsp3) is 0.438. The first-order valence-corrected chi connectivity index (χ1v) is 7.59. The van der Waals surface area contributed by atoms with E-state index < -0.39 is 0 Å². The molecule has 0 bridgehead atoms. The Hall–Kier alpha value is -1.36. The fourth-order valence-electron chi connectivity index (χ4n) is 2.26. The lowest BCUT2D eigenvalue weighted by molar-refractivity contribution is 0.444. The Bertz CT molecular complexity index is 589. The number of nitrogens with one attached hydrogen (secondary N) is 1. The summed E-state index contributed by atoms with van der Waals surface area (Å²) in [5, 5.41) is 8.73. The van der Waals surface area contributed by atoms with Crippen molar-refractivity contribution in [3.63, 3.8) is 0 Å². The molecule has 4 nitrogen and oxygen atoms in total. The Kier molecular flexibility index (Phi) is 5.39. The Balaban J connectivity index is 1.89. The van der Waals surface area contributed by atoms with E-state index in [0.717, 1.165) is 35.1 Å². The second kappa shape index (κ2) is 7.07. The highest BCUT2D eigenvalue weighted by Crippen LogP contribution is 2.19. The quantitative estimate of drug-likeness (QED) is 0.863. The van der Waals surface area contributed by atoms with Crippen molar-refractivity contribution in [1.82, 2.24) is 15.1 Å². The summed E-state index contributed by atoms with van der Waals surface area (Å²) >= 11 is 6.17. The van der Waals surface area contributed by atoms with Crippen LogP contribution in [0.25, 0.3) is 0 Å². The third-order valence-corrected chi connectivity index (χ3v) is 4.20. The number of aryl methyl sites for hydroxylation is 1. The molecule has 2 aromatic rings. The number of halogens is 1. The van der Waals surface area contributed by atoms with Gasteiger partial charge in [0.25, 0.3) is 0 Å². The van der Waals surface area contributed by atoms with E-state index >= 15 is 0 Å². The van der Waals surface area contributed by atoms with Gasteiger partial charge in [0.1, 0.15) is 0 Å². The molecule has 0 spiro atoms. The number of nitrogens with two attached hydrogens (primary N) is 1. The molecule has 1 aromatic carbocycles. The summed E-state index contributed by atoms with van der Waals surface area (Å²) in [6, 6.07) is 8.68. The molecule has 3 N–H and O–H groups in total. The molecule has 0 amide bonds. The van der Waals surface area contributed by atoms with E-state index in [9.17, 15) is 0 Å². The normalized spacial score (nSPS) is 12.6. The predicted molar refractivity (Wildman–Crippen MR) is 87.3 cm³/mol. The van der Waals surface area contributed by atoms with Crippen LogP contribution in [0.1, 0.15) is 29.4 Å². The van der Waals surface area contributed by atoms with Gasteiger partial charge in [0.15, 0.2) is 0 Å². The Labute approximate surface area is 131 Å². The molecule has 0 saturated heterocycles. The summed E-state index contributed by atoms with van der Waals surface area (Å²) in [5.74, 6) is 0. The summed E-state index contributed by atoms with van der Waals surface area (Å²) in [7, 11) is 0. The second-order valence-electron chi connectivity index (χ2n) is 5.47. The molecule has 114 valence electrons. The van der Waals surface area contributed by atoms with E-state index in [0.29, 0.717) is 12.6 Å². The average Bonchev–Trinajstić information content (AvgIpc) is 2.73.